The van der Waals surface area contributed by atoms with Crippen molar-refractivity contribution >= 4 is 22.7 Å². The van der Waals surface area contributed by atoms with Crippen molar-refractivity contribution < 1.29 is 9.59 Å². The number of carbonyl (C=O) groups is 2. The smallest absolute Gasteiger partial charge is 0.268 e. The molecule has 0 aliphatic heterocycles. The molecule has 5 heteroatoms. The van der Waals surface area contributed by atoms with Crippen LogP contribution in [-0.4, -0.2) is 29.5 Å². The number of benzene rings is 1. The van der Waals surface area contributed by atoms with Crippen molar-refractivity contribution in [2.24, 2.45) is 0 Å². The van der Waals surface area contributed by atoms with Crippen LogP contribution >= 0.6 is 0 Å². The maximum Gasteiger partial charge on any atom is 0.268 e. The molecule has 2 aromatic rings. The molecule has 0 radical (unpaired) electrons. The van der Waals surface area contributed by atoms with Crippen molar-refractivity contribution in [1.82, 2.24) is 15.2 Å². The van der Waals surface area contributed by atoms with E-state index in [0.717, 1.165) is 48.0 Å². The fraction of sp³-hybridized carbons (Fsp3) is 0.474. The van der Waals surface area contributed by atoms with E-state index in [0.29, 0.717) is 13.1 Å². The molecule has 0 aliphatic rings. The summed E-state index contributed by atoms with van der Waals surface area (Å²) < 4.78 is 2.14. The fourth-order valence-electron chi connectivity index (χ4n) is 2.96. The summed E-state index contributed by atoms with van der Waals surface area (Å²) in [4.78, 5) is 23.5. The Kier molecular flexibility index (Phi) is 6.41. The van der Waals surface area contributed by atoms with Crippen LogP contribution in [0.25, 0.3) is 10.9 Å². The second-order valence-electron chi connectivity index (χ2n) is 6.09. The number of fused-ring (bicyclic) bond motifs is 1. The summed E-state index contributed by atoms with van der Waals surface area (Å²) in [6.07, 6.45) is 2.85. The quantitative estimate of drug-likeness (QED) is 0.731. The number of aromatic nitrogens is 1. The van der Waals surface area contributed by atoms with Crippen LogP contribution in [0.5, 0.6) is 0 Å². The molecular formula is C19H27N3O2. The molecule has 2 amide bonds. The molecule has 0 spiro atoms. The first kappa shape index (κ1) is 18.0. The fourth-order valence-corrected chi connectivity index (χ4v) is 2.96. The summed E-state index contributed by atoms with van der Waals surface area (Å²) in [5, 5.41) is 6.85. The topological polar surface area (TPSA) is 63.1 Å². The van der Waals surface area contributed by atoms with E-state index in [4.69, 9.17) is 0 Å². The molecule has 2 rings (SSSR count). The summed E-state index contributed by atoms with van der Waals surface area (Å²) in [5.41, 5.74) is 2.90. The maximum atomic E-state index is 12.7. The zero-order chi connectivity index (χ0) is 17.5. The summed E-state index contributed by atoms with van der Waals surface area (Å²) in [6.45, 7) is 7.63. The van der Waals surface area contributed by atoms with Gasteiger partial charge in [0.2, 0.25) is 5.91 Å². The highest BCUT2D eigenvalue weighted by Crippen LogP contribution is 2.26. The van der Waals surface area contributed by atoms with Gasteiger partial charge in [0.15, 0.2) is 0 Å². The Morgan fingerprint density at radius 3 is 2.50 bits per heavy atom. The molecule has 1 aromatic carbocycles. The van der Waals surface area contributed by atoms with Gasteiger partial charge in [-0.2, -0.15) is 0 Å². The minimum absolute atomic E-state index is 0.0392. The molecule has 2 N–H and O–H groups in total. The highest BCUT2D eigenvalue weighted by Gasteiger charge is 2.19. The first-order chi connectivity index (χ1) is 11.6. The Labute approximate surface area is 143 Å². The highest BCUT2D eigenvalue weighted by molar-refractivity contribution is 6.01. The van der Waals surface area contributed by atoms with Crippen LogP contribution in [0.3, 0.4) is 0 Å². The number of amides is 2. The van der Waals surface area contributed by atoms with Gasteiger partial charge in [-0.3, -0.25) is 9.59 Å². The average Bonchev–Trinajstić information content (AvgIpc) is 2.85. The molecule has 24 heavy (non-hydrogen) atoms. The second kappa shape index (κ2) is 8.52. The molecule has 5 nitrogen and oxygen atoms in total. The summed E-state index contributed by atoms with van der Waals surface area (Å²) >= 11 is 0. The zero-order valence-corrected chi connectivity index (χ0v) is 14.8. The van der Waals surface area contributed by atoms with Crippen molar-refractivity contribution in [3.63, 3.8) is 0 Å². The van der Waals surface area contributed by atoms with Crippen molar-refractivity contribution in [3.05, 3.63) is 35.5 Å². The zero-order valence-electron chi connectivity index (χ0n) is 14.8. The van der Waals surface area contributed by atoms with E-state index < -0.39 is 0 Å². The van der Waals surface area contributed by atoms with Crippen molar-refractivity contribution in [3.8, 4) is 0 Å². The van der Waals surface area contributed by atoms with Gasteiger partial charge < -0.3 is 15.2 Å². The van der Waals surface area contributed by atoms with Crippen molar-refractivity contribution in [1.29, 1.82) is 0 Å². The van der Waals surface area contributed by atoms with Crippen LogP contribution < -0.4 is 10.6 Å². The Morgan fingerprint density at radius 1 is 1.08 bits per heavy atom. The van der Waals surface area contributed by atoms with Crippen LogP contribution in [0.2, 0.25) is 0 Å². The van der Waals surface area contributed by atoms with E-state index in [9.17, 15) is 9.59 Å². The van der Waals surface area contributed by atoms with Gasteiger partial charge in [-0.1, -0.05) is 31.5 Å². The van der Waals surface area contributed by atoms with Crippen LogP contribution in [0.4, 0.5) is 0 Å². The summed E-state index contributed by atoms with van der Waals surface area (Å²) in [5.74, 6) is -0.0838. The molecule has 0 saturated carbocycles. The minimum Gasteiger partial charge on any atom is -0.356 e. The summed E-state index contributed by atoms with van der Waals surface area (Å²) in [7, 11) is 0. The number of hydrogen-bond donors (Lipinski definition) is 2. The third kappa shape index (κ3) is 4.16. The van der Waals surface area contributed by atoms with Gasteiger partial charge in [-0.15, -0.1) is 0 Å². The van der Waals surface area contributed by atoms with Crippen LogP contribution in [0, 0.1) is 6.92 Å². The summed E-state index contributed by atoms with van der Waals surface area (Å²) in [6, 6.07) is 8.17. The van der Waals surface area contributed by atoms with E-state index in [1.165, 1.54) is 6.92 Å². The third-order valence-corrected chi connectivity index (χ3v) is 4.19. The van der Waals surface area contributed by atoms with E-state index in [-0.39, 0.29) is 11.8 Å². The molecule has 0 fully saturated rings. The molecule has 0 saturated heterocycles. The molecule has 0 unspecified atom stereocenters. The average molecular weight is 329 g/mol. The maximum absolute atomic E-state index is 12.7. The normalized spacial score (nSPS) is 10.8. The number of unbranched alkanes of at least 4 members (excludes halogenated alkanes) is 1. The van der Waals surface area contributed by atoms with Crippen LogP contribution in [0.1, 0.15) is 49.2 Å². The lowest BCUT2D eigenvalue weighted by Gasteiger charge is -2.11. The van der Waals surface area contributed by atoms with Gasteiger partial charge >= 0.3 is 0 Å². The number of rotatable bonds is 8. The SMILES string of the molecule is CCCCn1c(C(=O)NCCCNC(C)=O)c(C)c2ccccc21. The molecule has 0 atom stereocenters. The first-order valence-corrected chi connectivity index (χ1v) is 8.66. The van der Waals surface area contributed by atoms with E-state index in [1.54, 1.807) is 0 Å². The molecule has 0 aliphatic carbocycles. The molecular weight excluding hydrogens is 302 g/mol. The third-order valence-electron chi connectivity index (χ3n) is 4.19. The van der Waals surface area contributed by atoms with Gasteiger partial charge in [0.05, 0.1) is 0 Å². The lowest BCUT2D eigenvalue weighted by Crippen LogP contribution is -2.30. The first-order valence-electron chi connectivity index (χ1n) is 8.66. The Hall–Kier alpha value is -2.30. The van der Waals surface area contributed by atoms with E-state index >= 15 is 0 Å². The number of carbonyl (C=O) groups excluding carboxylic acids is 2. The van der Waals surface area contributed by atoms with Gasteiger partial charge in [0.25, 0.3) is 5.91 Å². The number of nitrogens with zero attached hydrogens (tertiary/aromatic N) is 1. The second-order valence-corrected chi connectivity index (χ2v) is 6.09. The molecule has 1 heterocycles. The standard InChI is InChI=1S/C19H27N3O2/c1-4-5-13-22-17-10-7-6-9-16(17)14(2)18(22)19(24)21-12-8-11-20-15(3)23/h6-7,9-10H,4-5,8,11-13H2,1-3H3,(H,20,23)(H,21,24). The van der Waals surface area contributed by atoms with Gasteiger partial charge in [-0.25, -0.2) is 0 Å². The molecule has 0 bridgehead atoms. The van der Waals surface area contributed by atoms with Gasteiger partial charge in [-0.05, 0) is 31.4 Å². The van der Waals surface area contributed by atoms with E-state index in [1.807, 2.05) is 19.1 Å². The minimum atomic E-state index is -0.0446. The Morgan fingerprint density at radius 2 is 1.79 bits per heavy atom. The predicted octanol–water partition coefficient (Wildman–Crippen LogP) is 3.01. The predicted molar refractivity (Wildman–Crippen MR) is 97.2 cm³/mol. The number of aryl methyl sites for hydroxylation is 2. The van der Waals surface area contributed by atoms with Crippen LogP contribution in [0.15, 0.2) is 24.3 Å². The number of nitrogens with one attached hydrogen (secondary N) is 2. The van der Waals surface area contributed by atoms with Gasteiger partial charge in [0, 0.05) is 37.5 Å². The lowest BCUT2D eigenvalue weighted by atomic mass is 10.1. The van der Waals surface area contributed by atoms with Crippen molar-refractivity contribution in [2.75, 3.05) is 13.1 Å². The largest absolute Gasteiger partial charge is 0.356 e. The lowest BCUT2D eigenvalue weighted by molar-refractivity contribution is -0.118. The van der Waals surface area contributed by atoms with Crippen LogP contribution in [-0.2, 0) is 11.3 Å². The highest BCUT2D eigenvalue weighted by atomic mass is 16.2. The molecule has 130 valence electrons. The molecule has 1 aromatic heterocycles. The Balaban J connectivity index is 2.15. The Bertz CT molecular complexity index is 719. The number of hydrogen-bond acceptors (Lipinski definition) is 2. The number of para-hydroxylation sites is 1. The monoisotopic (exact) mass is 329 g/mol. The van der Waals surface area contributed by atoms with Crippen molar-refractivity contribution in [2.45, 2.75) is 46.6 Å². The van der Waals surface area contributed by atoms with E-state index in [2.05, 4.69) is 34.3 Å². The van der Waals surface area contributed by atoms with Gasteiger partial charge in [0.1, 0.15) is 5.69 Å².